The first-order valence-electron chi connectivity index (χ1n) is 11.7. The van der Waals surface area contributed by atoms with Gasteiger partial charge in [0.2, 0.25) is 5.91 Å². The summed E-state index contributed by atoms with van der Waals surface area (Å²) < 4.78 is 0. The molecular formula is C28H38N2O2. The minimum atomic E-state index is -0.255. The molecule has 1 N–H and O–H groups in total. The molecule has 2 aromatic carbocycles. The molecule has 2 unspecified atom stereocenters. The SMILES string of the molecule is Cc1ccccc1C(=O)N1CCCC(C(=O)Nc2cccc(C(C)(C)C)c2)C1C(C)(C)C. The third kappa shape index (κ3) is 5.23. The third-order valence-electron chi connectivity index (χ3n) is 6.49. The van der Waals surface area contributed by atoms with Crippen LogP contribution in [0.1, 0.15) is 75.9 Å². The highest BCUT2D eigenvalue weighted by atomic mass is 16.2. The number of nitrogens with one attached hydrogen (secondary N) is 1. The molecule has 2 amide bonds. The van der Waals surface area contributed by atoms with E-state index in [-0.39, 0.29) is 34.6 Å². The van der Waals surface area contributed by atoms with Gasteiger partial charge in [0.1, 0.15) is 0 Å². The molecule has 0 bridgehead atoms. The lowest BCUT2D eigenvalue weighted by atomic mass is 9.73. The molecule has 32 heavy (non-hydrogen) atoms. The number of anilines is 1. The molecule has 2 atom stereocenters. The topological polar surface area (TPSA) is 49.4 Å². The fourth-order valence-corrected chi connectivity index (χ4v) is 4.84. The summed E-state index contributed by atoms with van der Waals surface area (Å²) in [5.41, 5.74) is 3.47. The zero-order valence-electron chi connectivity index (χ0n) is 20.7. The van der Waals surface area contributed by atoms with Crippen LogP contribution >= 0.6 is 0 Å². The Morgan fingerprint density at radius 2 is 1.66 bits per heavy atom. The summed E-state index contributed by atoms with van der Waals surface area (Å²) in [6.07, 6.45) is 1.61. The van der Waals surface area contributed by atoms with Crippen LogP contribution in [0, 0.1) is 18.3 Å². The lowest BCUT2D eigenvalue weighted by Gasteiger charge is -2.47. The van der Waals surface area contributed by atoms with Gasteiger partial charge in [-0.3, -0.25) is 9.59 Å². The highest BCUT2D eigenvalue weighted by Crippen LogP contribution is 2.38. The molecule has 0 spiro atoms. The maximum Gasteiger partial charge on any atom is 0.254 e. The normalized spacial score (nSPS) is 19.5. The van der Waals surface area contributed by atoms with E-state index in [0.717, 1.165) is 29.7 Å². The van der Waals surface area contributed by atoms with Crippen LogP contribution in [0.2, 0.25) is 0 Å². The van der Waals surface area contributed by atoms with Gasteiger partial charge in [0.05, 0.1) is 5.92 Å². The van der Waals surface area contributed by atoms with E-state index in [4.69, 9.17) is 0 Å². The van der Waals surface area contributed by atoms with Crippen molar-refractivity contribution < 1.29 is 9.59 Å². The Hall–Kier alpha value is -2.62. The van der Waals surface area contributed by atoms with Crippen molar-refractivity contribution in [3.8, 4) is 0 Å². The Kier molecular flexibility index (Phi) is 6.83. The van der Waals surface area contributed by atoms with Crippen LogP contribution in [0.3, 0.4) is 0 Å². The molecule has 2 aromatic rings. The second-order valence-corrected chi connectivity index (χ2v) is 11.2. The van der Waals surface area contributed by atoms with E-state index in [9.17, 15) is 9.59 Å². The summed E-state index contributed by atoms with van der Waals surface area (Å²) in [5, 5.41) is 3.16. The first-order valence-corrected chi connectivity index (χ1v) is 11.7. The number of likely N-dealkylation sites (tertiary alicyclic amines) is 1. The molecule has 0 saturated carbocycles. The Balaban J connectivity index is 1.89. The number of hydrogen-bond donors (Lipinski definition) is 1. The Bertz CT molecular complexity index is 981. The molecule has 4 nitrogen and oxygen atoms in total. The number of nitrogens with zero attached hydrogens (tertiary/aromatic N) is 1. The number of carbonyl (C=O) groups is 2. The Morgan fingerprint density at radius 1 is 0.969 bits per heavy atom. The van der Waals surface area contributed by atoms with E-state index in [1.54, 1.807) is 0 Å². The molecule has 1 aliphatic rings. The lowest BCUT2D eigenvalue weighted by Crippen LogP contribution is -2.57. The average molecular weight is 435 g/mol. The summed E-state index contributed by atoms with van der Waals surface area (Å²) >= 11 is 0. The molecule has 0 aromatic heterocycles. The fraction of sp³-hybridized carbons (Fsp3) is 0.500. The van der Waals surface area contributed by atoms with Crippen LogP contribution in [-0.2, 0) is 10.2 Å². The molecule has 0 aliphatic carbocycles. The predicted molar refractivity (Wildman–Crippen MR) is 132 cm³/mol. The molecule has 172 valence electrons. The van der Waals surface area contributed by atoms with Crippen LogP contribution in [-0.4, -0.2) is 29.3 Å². The van der Waals surface area contributed by atoms with Crippen LogP contribution in [0.15, 0.2) is 48.5 Å². The van der Waals surface area contributed by atoms with Crippen molar-refractivity contribution in [3.05, 3.63) is 65.2 Å². The minimum Gasteiger partial charge on any atom is -0.334 e. The molecule has 3 rings (SSSR count). The molecule has 1 aliphatic heterocycles. The number of amides is 2. The van der Waals surface area contributed by atoms with Gasteiger partial charge in [-0.15, -0.1) is 0 Å². The van der Waals surface area contributed by atoms with Crippen molar-refractivity contribution in [2.45, 2.75) is 72.8 Å². The van der Waals surface area contributed by atoms with E-state index < -0.39 is 0 Å². The van der Waals surface area contributed by atoms with Crippen molar-refractivity contribution in [2.75, 3.05) is 11.9 Å². The van der Waals surface area contributed by atoms with E-state index in [1.807, 2.05) is 48.2 Å². The van der Waals surface area contributed by atoms with Gasteiger partial charge in [0.25, 0.3) is 5.91 Å². The van der Waals surface area contributed by atoms with Crippen molar-refractivity contribution in [1.82, 2.24) is 4.90 Å². The summed E-state index contributed by atoms with van der Waals surface area (Å²) in [5.74, 6) is -0.233. The predicted octanol–water partition coefficient (Wildman–Crippen LogP) is 6.20. The van der Waals surface area contributed by atoms with E-state index in [2.05, 4.69) is 59.0 Å². The van der Waals surface area contributed by atoms with Gasteiger partial charge in [-0.05, 0) is 59.9 Å². The monoisotopic (exact) mass is 434 g/mol. The molecule has 0 radical (unpaired) electrons. The van der Waals surface area contributed by atoms with Gasteiger partial charge < -0.3 is 10.2 Å². The first kappa shape index (κ1) is 24.0. The summed E-state index contributed by atoms with van der Waals surface area (Å²) in [4.78, 5) is 29.0. The molecule has 4 heteroatoms. The molecule has 1 fully saturated rings. The van der Waals surface area contributed by atoms with Crippen LogP contribution in [0.25, 0.3) is 0 Å². The largest absolute Gasteiger partial charge is 0.334 e. The van der Waals surface area contributed by atoms with Crippen LogP contribution < -0.4 is 5.32 Å². The van der Waals surface area contributed by atoms with Crippen LogP contribution in [0.5, 0.6) is 0 Å². The molecular weight excluding hydrogens is 396 g/mol. The summed E-state index contributed by atoms with van der Waals surface area (Å²) in [6, 6.07) is 15.6. The van der Waals surface area contributed by atoms with Crippen molar-refractivity contribution >= 4 is 17.5 Å². The van der Waals surface area contributed by atoms with Gasteiger partial charge >= 0.3 is 0 Å². The highest BCUT2D eigenvalue weighted by molar-refractivity contribution is 5.98. The van der Waals surface area contributed by atoms with Crippen molar-refractivity contribution in [2.24, 2.45) is 11.3 Å². The maximum absolute atomic E-state index is 13.6. The number of carbonyl (C=O) groups excluding carboxylic acids is 2. The number of rotatable bonds is 3. The number of aryl methyl sites for hydroxylation is 1. The molecule has 1 saturated heterocycles. The number of piperidine rings is 1. The zero-order chi connectivity index (χ0) is 23.7. The Labute approximate surface area is 193 Å². The van der Waals surface area contributed by atoms with Gasteiger partial charge in [0.15, 0.2) is 0 Å². The Morgan fingerprint density at radius 3 is 2.28 bits per heavy atom. The van der Waals surface area contributed by atoms with E-state index >= 15 is 0 Å². The minimum absolute atomic E-state index is 0.00160. The first-order chi connectivity index (χ1) is 14.9. The maximum atomic E-state index is 13.6. The van der Waals surface area contributed by atoms with Gasteiger partial charge in [0, 0.05) is 23.8 Å². The second-order valence-electron chi connectivity index (χ2n) is 11.2. The van der Waals surface area contributed by atoms with E-state index in [0.29, 0.717) is 6.54 Å². The van der Waals surface area contributed by atoms with Crippen LogP contribution in [0.4, 0.5) is 5.69 Å². The average Bonchev–Trinajstić information content (AvgIpc) is 2.72. The highest BCUT2D eigenvalue weighted by Gasteiger charge is 2.45. The zero-order valence-corrected chi connectivity index (χ0v) is 20.7. The summed E-state index contributed by atoms with van der Waals surface area (Å²) in [6.45, 7) is 15.5. The quantitative estimate of drug-likeness (QED) is 0.625. The molecule has 1 heterocycles. The van der Waals surface area contributed by atoms with E-state index in [1.165, 1.54) is 5.56 Å². The summed E-state index contributed by atoms with van der Waals surface area (Å²) in [7, 11) is 0. The second kappa shape index (κ2) is 9.09. The van der Waals surface area contributed by atoms with Gasteiger partial charge in [-0.1, -0.05) is 71.9 Å². The van der Waals surface area contributed by atoms with Crippen molar-refractivity contribution in [1.29, 1.82) is 0 Å². The smallest absolute Gasteiger partial charge is 0.254 e. The fourth-order valence-electron chi connectivity index (χ4n) is 4.84. The van der Waals surface area contributed by atoms with Gasteiger partial charge in [-0.2, -0.15) is 0 Å². The van der Waals surface area contributed by atoms with Gasteiger partial charge in [-0.25, -0.2) is 0 Å². The third-order valence-corrected chi connectivity index (χ3v) is 6.49. The number of benzene rings is 2. The lowest BCUT2D eigenvalue weighted by molar-refractivity contribution is -0.125. The number of hydrogen-bond acceptors (Lipinski definition) is 2. The standard InChI is InChI=1S/C28H38N2O2/c1-19-12-8-9-15-22(19)26(32)30-17-11-16-23(24(30)28(5,6)7)25(31)29-21-14-10-13-20(18-21)27(2,3)4/h8-10,12-15,18,23-24H,11,16-17H2,1-7H3,(H,29,31). The van der Waals surface area contributed by atoms with Crippen molar-refractivity contribution in [3.63, 3.8) is 0 Å².